The molecule has 32 heavy (non-hydrogen) atoms. The number of Topliss-reactive ketones (excluding diaryl/α,β-unsaturated/α-hetero) is 1. The van der Waals surface area contributed by atoms with Crippen molar-refractivity contribution < 1.29 is 28.2 Å². The van der Waals surface area contributed by atoms with Crippen LogP contribution < -0.4 is 9.64 Å². The Labute approximate surface area is 182 Å². The molecular weight excluding hydrogens is 418 g/mol. The van der Waals surface area contributed by atoms with Crippen LogP contribution in [0.4, 0.5) is 14.5 Å². The third kappa shape index (κ3) is 3.49. The molecule has 4 rings (SSSR count). The zero-order chi connectivity index (χ0) is 23.0. The number of aromatic nitrogens is 1. The smallest absolute Gasteiger partial charge is 0.300 e. The highest BCUT2D eigenvalue weighted by Crippen LogP contribution is 2.42. The lowest BCUT2D eigenvalue weighted by molar-refractivity contribution is -0.132. The van der Waals surface area contributed by atoms with E-state index in [4.69, 9.17) is 4.74 Å². The molecule has 0 radical (unpaired) electrons. The summed E-state index contributed by atoms with van der Waals surface area (Å²) in [5.74, 6) is -3.77. The number of ketones is 1. The summed E-state index contributed by atoms with van der Waals surface area (Å²) in [6.45, 7) is 1.76. The first-order valence-corrected chi connectivity index (χ1v) is 9.65. The lowest BCUT2D eigenvalue weighted by atomic mass is 9.97. The topological polar surface area (TPSA) is 79.7 Å². The van der Waals surface area contributed by atoms with Crippen molar-refractivity contribution in [1.29, 1.82) is 0 Å². The maximum atomic E-state index is 14.6. The fourth-order valence-electron chi connectivity index (χ4n) is 3.76. The summed E-state index contributed by atoms with van der Waals surface area (Å²) >= 11 is 0. The first kappa shape index (κ1) is 21.2. The normalized spacial score (nSPS) is 17.6. The molecule has 1 saturated heterocycles. The van der Waals surface area contributed by atoms with E-state index in [0.717, 1.165) is 17.0 Å². The van der Waals surface area contributed by atoms with Gasteiger partial charge in [-0.05, 0) is 55.0 Å². The first-order chi connectivity index (χ1) is 15.3. The predicted octanol–water partition coefficient (Wildman–Crippen LogP) is 4.30. The molecule has 162 valence electrons. The van der Waals surface area contributed by atoms with E-state index < -0.39 is 35.1 Å². The van der Waals surface area contributed by atoms with Crippen molar-refractivity contribution in [2.75, 3.05) is 12.0 Å². The van der Waals surface area contributed by atoms with Crippen LogP contribution in [0.3, 0.4) is 0 Å². The van der Waals surface area contributed by atoms with Gasteiger partial charge >= 0.3 is 0 Å². The van der Waals surface area contributed by atoms with Crippen LogP contribution in [0.2, 0.25) is 0 Å². The fraction of sp³-hybridized carbons (Fsp3) is 0.125. The molecule has 3 aromatic rings. The number of aryl methyl sites for hydroxylation is 1. The van der Waals surface area contributed by atoms with E-state index in [1.54, 1.807) is 43.3 Å². The monoisotopic (exact) mass is 436 g/mol. The van der Waals surface area contributed by atoms with Crippen molar-refractivity contribution in [2.45, 2.75) is 13.0 Å². The third-order valence-electron chi connectivity index (χ3n) is 5.25. The zero-order valence-corrected chi connectivity index (χ0v) is 17.2. The Morgan fingerprint density at radius 3 is 2.50 bits per heavy atom. The summed E-state index contributed by atoms with van der Waals surface area (Å²) in [6.07, 6.45) is 1.45. The molecule has 1 fully saturated rings. The van der Waals surface area contributed by atoms with Crippen LogP contribution in [-0.2, 0) is 9.59 Å². The summed E-state index contributed by atoms with van der Waals surface area (Å²) in [6, 6.07) is 11.1. The van der Waals surface area contributed by atoms with Gasteiger partial charge in [0.15, 0.2) is 0 Å². The minimum Gasteiger partial charge on any atom is -0.507 e. The Hall–Kier alpha value is -4.07. The number of hydrogen-bond donors (Lipinski definition) is 1. The molecule has 2 heterocycles. The number of carbonyl (C=O) groups is 2. The van der Waals surface area contributed by atoms with Gasteiger partial charge in [-0.1, -0.05) is 6.07 Å². The van der Waals surface area contributed by atoms with Gasteiger partial charge in [0.25, 0.3) is 11.7 Å². The van der Waals surface area contributed by atoms with Crippen LogP contribution in [0, 0.1) is 18.6 Å². The van der Waals surface area contributed by atoms with Crippen molar-refractivity contribution in [3.8, 4) is 5.75 Å². The molecule has 6 nitrogen and oxygen atoms in total. The second kappa shape index (κ2) is 8.22. The van der Waals surface area contributed by atoms with Gasteiger partial charge in [-0.3, -0.25) is 19.5 Å². The van der Waals surface area contributed by atoms with Gasteiger partial charge in [0.05, 0.1) is 24.1 Å². The van der Waals surface area contributed by atoms with E-state index >= 15 is 0 Å². The number of amides is 1. The molecule has 1 aliphatic rings. The summed E-state index contributed by atoms with van der Waals surface area (Å²) < 4.78 is 33.3. The SMILES string of the molecule is COc1ccc(/C(O)=C2\C(=O)C(=O)N(c3ccc(F)cc3F)C2c2ccccn2)cc1C. The lowest BCUT2D eigenvalue weighted by Crippen LogP contribution is -2.30. The molecule has 1 atom stereocenters. The first-order valence-electron chi connectivity index (χ1n) is 9.65. The third-order valence-corrected chi connectivity index (χ3v) is 5.25. The highest BCUT2D eigenvalue weighted by molar-refractivity contribution is 6.51. The lowest BCUT2D eigenvalue weighted by Gasteiger charge is -2.25. The number of nitrogens with zero attached hydrogens (tertiary/aromatic N) is 2. The van der Waals surface area contributed by atoms with Crippen molar-refractivity contribution in [3.63, 3.8) is 0 Å². The number of pyridine rings is 1. The van der Waals surface area contributed by atoms with Gasteiger partial charge < -0.3 is 9.84 Å². The standard InChI is InChI=1S/C24H18F2N2O4/c1-13-11-14(6-9-19(13)32-2)22(29)20-21(17-5-3-4-10-27-17)28(24(31)23(20)30)18-8-7-15(25)12-16(18)26/h3-12,21,29H,1-2H3/b22-20+. The number of halogens is 2. The summed E-state index contributed by atoms with van der Waals surface area (Å²) in [7, 11) is 1.51. The number of anilines is 1. The molecule has 0 bridgehead atoms. The molecule has 0 aliphatic carbocycles. The highest BCUT2D eigenvalue weighted by atomic mass is 19.1. The predicted molar refractivity (Wildman–Crippen MR) is 113 cm³/mol. The maximum absolute atomic E-state index is 14.6. The summed E-state index contributed by atoms with van der Waals surface area (Å²) in [5.41, 5.74) is 0.671. The van der Waals surface area contributed by atoms with Gasteiger partial charge in [0, 0.05) is 17.8 Å². The number of ether oxygens (including phenoxy) is 1. The van der Waals surface area contributed by atoms with Crippen molar-refractivity contribution in [1.82, 2.24) is 4.98 Å². The van der Waals surface area contributed by atoms with Gasteiger partial charge in [-0.25, -0.2) is 8.78 Å². The molecule has 8 heteroatoms. The molecule has 0 saturated carbocycles. The molecule has 1 N–H and O–H groups in total. The molecule has 1 aromatic heterocycles. The number of benzene rings is 2. The number of hydrogen-bond acceptors (Lipinski definition) is 5. The van der Waals surface area contributed by atoms with Crippen LogP contribution in [0.15, 0.2) is 66.4 Å². The Bertz CT molecular complexity index is 1260. The number of methoxy groups -OCH3 is 1. The van der Waals surface area contributed by atoms with Crippen LogP contribution in [-0.4, -0.2) is 28.9 Å². The van der Waals surface area contributed by atoms with Gasteiger partial charge in [0.2, 0.25) is 0 Å². The Morgan fingerprint density at radius 1 is 1.09 bits per heavy atom. The van der Waals surface area contributed by atoms with Gasteiger partial charge in [-0.15, -0.1) is 0 Å². The number of aliphatic hydroxyl groups is 1. The maximum Gasteiger partial charge on any atom is 0.300 e. The largest absolute Gasteiger partial charge is 0.507 e. The average molecular weight is 436 g/mol. The Morgan fingerprint density at radius 2 is 1.88 bits per heavy atom. The molecular formula is C24H18F2N2O4. The van der Waals surface area contributed by atoms with E-state index in [1.165, 1.54) is 13.3 Å². The van der Waals surface area contributed by atoms with Crippen molar-refractivity contribution in [2.24, 2.45) is 0 Å². The van der Waals surface area contributed by atoms with E-state index in [9.17, 15) is 23.5 Å². The summed E-state index contributed by atoms with van der Waals surface area (Å²) in [4.78, 5) is 31.1. The minimum atomic E-state index is -1.21. The quantitative estimate of drug-likeness (QED) is 0.375. The fourth-order valence-corrected chi connectivity index (χ4v) is 3.76. The molecule has 2 aromatic carbocycles. The molecule has 1 aliphatic heterocycles. The minimum absolute atomic E-state index is 0.238. The van der Waals surface area contributed by atoms with Crippen LogP contribution in [0.25, 0.3) is 5.76 Å². The average Bonchev–Trinajstić information content (AvgIpc) is 3.04. The van der Waals surface area contributed by atoms with Crippen LogP contribution in [0.1, 0.15) is 22.9 Å². The van der Waals surface area contributed by atoms with E-state index in [2.05, 4.69) is 4.98 Å². The molecule has 1 amide bonds. The van der Waals surface area contributed by atoms with Crippen LogP contribution in [0.5, 0.6) is 5.75 Å². The number of rotatable bonds is 4. The highest BCUT2D eigenvalue weighted by Gasteiger charge is 2.48. The van der Waals surface area contributed by atoms with Crippen LogP contribution >= 0.6 is 0 Å². The van der Waals surface area contributed by atoms with E-state index in [0.29, 0.717) is 17.4 Å². The van der Waals surface area contributed by atoms with Gasteiger partial charge in [0.1, 0.15) is 29.2 Å². The Balaban J connectivity index is 1.95. The second-order valence-corrected chi connectivity index (χ2v) is 7.20. The van der Waals surface area contributed by atoms with E-state index in [-0.39, 0.29) is 22.5 Å². The summed E-state index contributed by atoms with van der Waals surface area (Å²) in [5, 5.41) is 11.1. The molecule has 1 unspecified atom stereocenters. The van der Waals surface area contributed by atoms with Crippen molar-refractivity contribution in [3.05, 3.63) is 94.8 Å². The molecule has 0 spiro atoms. The Kier molecular flexibility index (Phi) is 5.44. The number of carbonyl (C=O) groups excluding carboxylic acids is 2. The van der Waals surface area contributed by atoms with Crippen molar-refractivity contribution >= 4 is 23.1 Å². The van der Waals surface area contributed by atoms with E-state index in [1.807, 2.05) is 0 Å². The van der Waals surface area contributed by atoms with Gasteiger partial charge in [-0.2, -0.15) is 0 Å². The second-order valence-electron chi connectivity index (χ2n) is 7.20. The number of aliphatic hydroxyl groups excluding tert-OH is 1. The zero-order valence-electron chi connectivity index (χ0n) is 17.2.